The lowest BCUT2D eigenvalue weighted by Gasteiger charge is -2.59. The van der Waals surface area contributed by atoms with Crippen molar-refractivity contribution in [2.45, 2.75) is 64.5 Å². The van der Waals surface area contributed by atoms with Crippen molar-refractivity contribution in [3.05, 3.63) is 52.7 Å². The molecule has 0 saturated heterocycles. The first-order chi connectivity index (χ1) is 16.2. The molecule has 4 fully saturated rings. The molecule has 0 radical (unpaired) electrons. The van der Waals surface area contributed by atoms with Gasteiger partial charge in [0.05, 0.1) is 0 Å². The Morgan fingerprint density at radius 2 is 1.50 bits per heavy atom. The van der Waals surface area contributed by atoms with Crippen molar-refractivity contribution in [2.75, 3.05) is 0 Å². The summed E-state index contributed by atoms with van der Waals surface area (Å²) in [7, 11) is 0. The molecule has 9 heteroatoms. The fraction of sp³-hybridized carbons (Fsp3) is 0.560. The van der Waals surface area contributed by atoms with Crippen molar-refractivity contribution in [2.24, 2.45) is 23.2 Å². The lowest BCUT2D eigenvalue weighted by atomic mass is 9.47. The van der Waals surface area contributed by atoms with Gasteiger partial charge in [-0.3, -0.25) is 4.79 Å². The Hall–Kier alpha value is -2.58. The number of ether oxygens (including phenoxy) is 1. The Morgan fingerprint density at radius 1 is 0.971 bits per heavy atom. The van der Waals surface area contributed by atoms with E-state index in [4.69, 9.17) is 9.15 Å². The van der Waals surface area contributed by atoms with Crippen LogP contribution < -0.4 is 10.1 Å². The van der Waals surface area contributed by atoms with E-state index in [9.17, 15) is 26.7 Å². The fourth-order valence-electron chi connectivity index (χ4n) is 6.95. The van der Waals surface area contributed by atoms with Crippen molar-refractivity contribution in [3.8, 4) is 5.75 Å². The second-order valence-electron chi connectivity index (χ2n) is 10.2. The number of halogens is 5. The lowest BCUT2D eigenvalue weighted by Crippen LogP contribution is -2.56. The van der Waals surface area contributed by atoms with E-state index in [2.05, 4.69) is 12.2 Å². The van der Waals surface area contributed by atoms with Crippen LogP contribution >= 0.6 is 0 Å². The minimum absolute atomic E-state index is 0.000751. The van der Waals surface area contributed by atoms with Crippen LogP contribution in [0.2, 0.25) is 0 Å². The summed E-state index contributed by atoms with van der Waals surface area (Å²) in [5.41, 5.74) is 0.115. The summed E-state index contributed by atoms with van der Waals surface area (Å²) in [6, 6.07) is 2.79. The molecule has 2 aromatic rings. The molecule has 4 aliphatic rings. The van der Waals surface area contributed by atoms with Gasteiger partial charge in [0.2, 0.25) is 29.1 Å². The zero-order valence-electron chi connectivity index (χ0n) is 18.7. The van der Waals surface area contributed by atoms with Crippen LogP contribution in [0, 0.1) is 52.3 Å². The smallest absolute Gasteiger partial charge is 0.287 e. The van der Waals surface area contributed by atoms with Gasteiger partial charge in [0.1, 0.15) is 12.4 Å². The zero-order chi connectivity index (χ0) is 24.2. The average Bonchev–Trinajstić information content (AvgIpc) is 3.28. The van der Waals surface area contributed by atoms with Crippen molar-refractivity contribution < 1.29 is 35.9 Å². The van der Waals surface area contributed by atoms with Crippen molar-refractivity contribution in [1.29, 1.82) is 0 Å². The van der Waals surface area contributed by atoms with Gasteiger partial charge >= 0.3 is 0 Å². The van der Waals surface area contributed by atoms with Crippen molar-refractivity contribution in [3.63, 3.8) is 0 Å². The molecule has 1 aromatic carbocycles. The predicted octanol–water partition coefficient (Wildman–Crippen LogP) is 6.28. The number of amides is 1. The highest BCUT2D eigenvalue weighted by Gasteiger charge is 2.54. The van der Waals surface area contributed by atoms with E-state index < -0.39 is 47.3 Å². The van der Waals surface area contributed by atoms with E-state index in [1.807, 2.05) is 0 Å². The van der Waals surface area contributed by atoms with Crippen LogP contribution in [0.3, 0.4) is 0 Å². The topological polar surface area (TPSA) is 51.5 Å². The SMILES string of the molecule is CCC(NC(=O)c1ccc(COc2c(F)c(F)c(F)c(F)c2F)o1)C12CC3CC(CC(C3)C1)C2. The van der Waals surface area contributed by atoms with Gasteiger partial charge in [0.15, 0.2) is 11.5 Å². The zero-order valence-corrected chi connectivity index (χ0v) is 18.7. The molecule has 4 bridgehead atoms. The molecule has 1 amide bonds. The molecule has 1 unspecified atom stereocenters. The maximum Gasteiger partial charge on any atom is 0.287 e. The number of benzene rings is 1. The average molecular weight is 483 g/mol. The molecule has 4 aliphatic carbocycles. The summed E-state index contributed by atoms with van der Waals surface area (Å²) in [6.45, 7) is 1.45. The van der Waals surface area contributed by atoms with Crippen LogP contribution in [-0.2, 0) is 6.61 Å². The molecule has 4 saturated carbocycles. The van der Waals surface area contributed by atoms with E-state index in [0.29, 0.717) is 0 Å². The van der Waals surface area contributed by atoms with Crippen LogP contribution in [0.5, 0.6) is 5.75 Å². The number of carbonyl (C=O) groups excluding carboxylic acids is 1. The normalized spacial score (nSPS) is 28.2. The molecule has 184 valence electrons. The largest absolute Gasteiger partial charge is 0.479 e. The molecular formula is C25H26F5NO3. The molecule has 1 aromatic heterocycles. The van der Waals surface area contributed by atoms with E-state index in [-0.39, 0.29) is 23.0 Å². The number of hydrogen-bond acceptors (Lipinski definition) is 3. The Kier molecular flexibility index (Phi) is 5.84. The molecule has 6 rings (SSSR count). The monoisotopic (exact) mass is 483 g/mol. The van der Waals surface area contributed by atoms with Crippen LogP contribution in [0.15, 0.2) is 16.5 Å². The molecule has 34 heavy (non-hydrogen) atoms. The first-order valence-electron chi connectivity index (χ1n) is 11.7. The van der Waals surface area contributed by atoms with Gasteiger partial charge in [0.25, 0.3) is 5.91 Å². The number of hydrogen-bond donors (Lipinski definition) is 1. The summed E-state index contributed by atoms with van der Waals surface area (Å²) in [6.07, 6.45) is 8.11. The van der Waals surface area contributed by atoms with Crippen molar-refractivity contribution >= 4 is 5.91 Å². The van der Waals surface area contributed by atoms with E-state index in [1.165, 1.54) is 31.4 Å². The fourth-order valence-corrected chi connectivity index (χ4v) is 6.95. The summed E-state index contributed by atoms with van der Waals surface area (Å²) in [5, 5.41) is 3.13. The van der Waals surface area contributed by atoms with Gasteiger partial charge < -0.3 is 14.5 Å². The van der Waals surface area contributed by atoms with Gasteiger partial charge in [-0.2, -0.15) is 8.78 Å². The van der Waals surface area contributed by atoms with Crippen LogP contribution in [0.25, 0.3) is 0 Å². The Morgan fingerprint density at radius 3 is 2.03 bits per heavy atom. The van der Waals surface area contributed by atoms with Gasteiger partial charge in [-0.05, 0) is 80.2 Å². The lowest BCUT2D eigenvalue weighted by molar-refractivity contribution is -0.0728. The summed E-state index contributed by atoms with van der Waals surface area (Å²) < 4.78 is 77.7. The molecule has 1 heterocycles. The highest BCUT2D eigenvalue weighted by atomic mass is 19.2. The third-order valence-corrected chi connectivity index (χ3v) is 7.95. The quantitative estimate of drug-likeness (QED) is 0.287. The highest BCUT2D eigenvalue weighted by molar-refractivity contribution is 5.91. The molecule has 0 spiro atoms. The molecule has 1 atom stereocenters. The van der Waals surface area contributed by atoms with E-state index in [1.54, 1.807) is 0 Å². The molecule has 0 aliphatic heterocycles. The maximum absolute atomic E-state index is 13.8. The van der Waals surface area contributed by atoms with Gasteiger partial charge in [-0.1, -0.05) is 6.92 Å². The maximum atomic E-state index is 13.8. The van der Waals surface area contributed by atoms with Crippen LogP contribution in [0.4, 0.5) is 22.0 Å². The second kappa shape index (κ2) is 8.57. The van der Waals surface area contributed by atoms with E-state index in [0.717, 1.165) is 43.4 Å². The predicted molar refractivity (Wildman–Crippen MR) is 111 cm³/mol. The van der Waals surface area contributed by atoms with Crippen molar-refractivity contribution in [1.82, 2.24) is 5.32 Å². The molecule has 4 nitrogen and oxygen atoms in total. The van der Waals surface area contributed by atoms with Crippen LogP contribution in [-0.4, -0.2) is 11.9 Å². The number of carbonyl (C=O) groups is 1. The van der Waals surface area contributed by atoms with E-state index >= 15 is 0 Å². The molecular weight excluding hydrogens is 457 g/mol. The Balaban J connectivity index is 1.26. The minimum atomic E-state index is -2.26. The third-order valence-electron chi connectivity index (χ3n) is 7.95. The number of rotatable bonds is 7. The Labute approximate surface area is 193 Å². The number of furan rings is 1. The van der Waals surface area contributed by atoms with Gasteiger partial charge in [-0.15, -0.1) is 0 Å². The van der Waals surface area contributed by atoms with Crippen LogP contribution in [0.1, 0.15) is 68.2 Å². The molecule has 1 N–H and O–H groups in total. The minimum Gasteiger partial charge on any atom is -0.479 e. The first kappa shape index (κ1) is 23.2. The summed E-state index contributed by atoms with van der Waals surface area (Å²) in [4.78, 5) is 12.9. The number of nitrogens with one attached hydrogen (secondary N) is 1. The van der Waals surface area contributed by atoms with Gasteiger partial charge in [-0.25, -0.2) is 13.2 Å². The van der Waals surface area contributed by atoms with Gasteiger partial charge in [0, 0.05) is 6.04 Å². The summed E-state index contributed by atoms with van der Waals surface area (Å²) >= 11 is 0. The summed E-state index contributed by atoms with van der Waals surface area (Å²) in [5.74, 6) is -10.1. The Bertz CT molecular complexity index is 1050. The second-order valence-corrected chi connectivity index (χ2v) is 10.2. The standard InChI is InChI=1S/C25H26F5NO3/c1-2-17(25-8-12-5-13(9-25)7-14(6-12)10-25)31-24(32)16-4-3-15(34-16)11-33-23-21(29)19(27)18(26)20(28)22(23)30/h3-4,12-14,17H,2,5-11H2,1H3,(H,31,32). The third kappa shape index (κ3) is 3.86. The first-order valence-corrected chi connectivity index (χ1v) is 11.7. The highest BCUT2D eigenvalue weighted by Crippen LogP contribution is 2.61.